The monoisotopic (exact) mass is 348 g/mol. The highest BCUT2D eigenvalue weighted by Gasteiger charge is 2.16. The molecule has 15 heavy (non-hydrogen) atoms. The molecule has 0 aliphatic carbocycles. The maximum absolute atomic E-state index is 13.3. The van der Waals surface area contributed by atoms with E-state index >= 15 is 0 Å². The zero-order valence-electron chi connectivity index (χ0n) is 7.58. The van der Waals surface area contributed by atoms with E-state index in [0.717, 1.165) is 5.56 Å². The van der Waals surface area contributed by atoms with Gasteiger partial charge in [0.2, 0.25) is 0 Å². The van der Waals surface area contributed by atoms with Crippen molar-refractivity contribution < 1.29 is 4.39 Å². The van der Waals surface area contributed by atoms with Crippen molar-refractivity contribution in [1.29, 1.82) is 0 Å². The molecule has 0 aliphatic heterocycles. The predicted molar refractivity (Wildman–Crippen MR) is 69.2 cm³/mol. The molecule has 4 heteroatoms. The molecule has 0 fully saturated rings. The number of benzene rings is 1. The van der Waals surface area contributed by atoms with Crippen molar-refractivity contribution in [3.63, 3.8) is 0 Å². The fourth-order valence-electron chi connectivity index (χ4n) is 1.30. The summed E-state index contributed by atoms with van der Waals surface area (Å²) in [6, 6.07) is 9.09. The van der Waals surface area contributed by atoms with Crippen molar-refractivity contribution in [2.75, 3.05) is 0 Å². The third kappa shape index (κ3) is 2.32. The van der Waals surface area contributed by atoms with Crippen LogP contribution in [0.4, 0.5) is 4.39 Å². The highest BCUT2D eigenvalue weighted by molar-refractivity contribution is 9.11. The Morgan fingerprint density at radius 2 is 2.00 bits per heavy atom. The van der Waals surface area contributed by atoms with Crippen molar-refractivity contribution in [1.82, 2.24) is 0 Å². The van der Waals surface area contributed by atoms with Crippen LogP contribution < -0.4 is 0 Å². The number of hydrogen-bond donors (Lipinski definition) is 0. The van der Waals surface area contributed by atoms with E-state index in [1.807, 2.05) is 23.6 Å². The summed E-state index contributed by atoms with van der Waals surface area (Å²) in [6.45, 7) is 0. The average Bonchev–Trinajstić information content (AvgIpc) is 2.74. The number of thiophene rings is 1. The van der Waals surface area contributed by atoms with E-state index in [0.29, 0.717) is 4.47 Å². The molecule has 1 heterocycles. The number of hydrogen-bond acceptors (Lipinski definition) is 1. The molecule has 0 amide bonds. The Kier molecular flexibility index (Phi) is 3.59. The van der Waals surface area contributed by atoms with Crippen molar-refractivity contribution >= 4 is 43.2 Å². The van der Waals surface area contributed by atoms with Gasteiger partial charge in [0.15, 0.2) is 0 Å². The fourth-order valence-corrected chi connectivity index (χ4v) is 3.68. The summed E-state index contributed by atoms with van der Waals surface area (Å²) in [6.07, 6.45) is 0. The van der Waals surface area contributed by atoms with Crippen molar-refractivity contribution in [3.8, 4) is 0 Å². The van der Waals surface area contributed by atoms with Gasteiger partial charge >= 0.3 is 0 Å². The summed E-state index contributed by atoms with van der Waals surface area (Å²) < 4.78 is 13.8. The third-order valence-electron chi connectivity index (χ3n) is 2.05. The Morgan fingerprint density at radius 3 is 2.67 bits per heavy atom. The molecule has 1 aromatic heterocycles. The lowest BCUT2D eigenvalue weighted by atomic mass is 10.1. The van der Waals surface area contributed by atoms with Gasteiger partial charge in [0, 0.05) is 4.88 Å². The minimum atomic E-state index is -0.228. The predicted octanol–water partition coefficient (Wildman–Crippen LogP) is 5.13. The molecule has 2 rings (SSSR count). The van der Waals surface area contributed by atoms with Crippen LogP contribution in [0.15, 0.2) is 40.2 Å². The van der Waals surface area contributed by atoms with Crippen LogP contribution in [0.2, 0.25) is 0 Å². The maximum atomic E-state index is 13.3. The first-order valence-electron chi connectivity index (χ1n) is 4.31. The molecule has 0 radical (unpaired) electrons. The molecule has 1 atom stereocenters. The quantitative estimate of drug-likeness (QED) is 0.659. The van der Waals surface area contributed by atoms with Gasteiger partial charge in [0.25, 0.3) is 0 Å². The summed E-state index contributed by atoms with van der Waals surface area (Å²) in [7, 11) is 0. The molecule has 0 bridgehead atoms. The Bertz CT molecular complexity index is 454. The maximum Gasteiger partial charge on any atom is 0.137 e. The standard InChI is InChI=1S/C11H7Br2FS/c12-10-7(3-1-4-8(10)14)11(13)9-5-2-6-15-9/h1-6,11H. The summed E-state index contributed by atoms with van der Waals surface area (Å²) >= 11 is 8.49. The zero-order valence-corrected chi connectivity index (χ0v) is 11.6. The van der Waals surface area contributed by atoms with E-state index in [4.69, 9.17) is 0 Å². The first kappa shape index (κ1) is 11.3. The molecule has 78 valence electrons. The summed E-state index contributed by atoms with van der Waals surface area (Å²) in [5.74, 6) is -0.228. The second kappa shape index (κ2) is 4.76. The van der Waals surface area contributed by atoms with Crippen molar-refractivity contribution in [3.05, 3.63) is 56.4 Å². The molecule has 1 unspecified atom stereocenters. The van der Waals surface area contributed by atoms with E-state index in [1.54, 1.807) is 17.4 Å². The summed E-state index contributed by atoms with van der Waals surface area (Å²) in [5.41, 5.74) is 0.914. The number of alkyl halides is 1. The molecule has 0 saturated carbocycles. The topological polar surface area (TPSA) is 0 Å². The second-order valence-corrected chi connectivity index (χ2v) is 5.71. The molecular weight excluding hydrogens is 343 g/mol. The zero-order chi connectivity index (χ0) is 10.8. The lowest BCUT2D eigenvalue weighted by molar-refractivity contribution is 0.619. The van der Waals surface area contributed by atoms with Crippen LogP contribution in [0, 0.1) is 5.82 Å². The van der Waals surface area contributed by atoms with Crippen LogP contribution in [0.25, 0.3) is 0 Å². The molecule has 0 spiro atoms. The van der Waals surface area contributed by atoms with E-state index in [-0.39, 0.29) is 10.6 Å². The largest absolute Gasteiger partial charge is 0.206 e. The lowest BCUT2D eigenvalue weighted by Crippen LogP contribution is -1.93. The van der Waals surface area contributed by atoms with Crippen LogP contribution in [0.5, 0.6) is 0 Å². The average molecular weight is 350 g/mol. The van der Waals surface area contributed by atoms with Gasteiger partial charge in [-0.15, -0.1) is 11.3 Å². The Hall–Kier alpha value is -0.190. The van der Waals surface area contributed by atoms with Gasteiger partial charge in [-0.3, -0.25) is 0 Å². The lowest BCUT2D eigenvalue weighted by Gasteiger charge is -2.10. The highest BCUT2D eigenvalue weighted by atomic mass is 79.9. The van der Waals surface area contributed by atoms with Crippen LogP contribution in [-0.2, 0) is 0 Å². The van der Waals surface area contributed by atoms with Crippen molar-refractivity contribution in [2.45, 2.75) is 4.83 Å². The summed E-state index contributed by atoms with van der Waals surface area (Å²) in [5, 5.41) is 2.01. The SMILES string of the molecule is Fc1cccc(C(Br)c2cccs2)c1Br. The Balaban J connectivity index is 2.42. The Morgan fingerprint density at radius 1 is 1.20 bits per heavy atom. The number of halogens is 3. The number of rotatable bonds is 2. The van der Waals surface area contributed by atoms with Crippen LogP contribution in [0.3, 0.4) is 0 Å². The van der Waals surface area contributed by atoms with Crippen LogP contribution >= 0.6 is 43.2 Å². The molecule has 0 aliphatic rings. The van der Waals surface area contributed by atoms with Gasteiger partial charge in [0.05, 0.1) is 9.30 Å². The Labute approximate surface area is 108 Å². The van der Waals surface area contributed by atoms with Crippen LogP contribution in [-0.4, -0.2) is 0 Å². The molecular formula is C11H7Br2FS. The van der Waals surface area contributed by atoms with Gasteiger partial charge in [-0.2, -0.15) is 0 Å². The van der Waals surface area contributed by atoms with E-state index in [1.165, 1.54) is 10.9 Å². The van der Waals surface area contributed by atoms with Crippen LogP contribution in [0.1, 0.15) is 15.3 Å². The van der Waals surface area contributed by atoms with Gasteiger partial charge in [-0.05, 0) is 39.0 Å². The second-order valence-electron chi connectivity index (χ2n) is 3.02. The van der Waals surface area contributed by atoms with E-state index in [2.05, 4.69) is 31.9 Å². The van der Waals surface area contributed by atoms with Gasteiger partial charge < -0.3 is 0 Å². The third-order valence-corrected chi connectivity index (χ3v) is 5.11. The smallest absolute Gasteiger partial charge is 0.137 e. The van der Waals surface area contributed by atoms with E-state index in [9.17, 15) is 4.39 Å². The normalized spacial score (nSPS) is 12.7. The van der Waals surface area contributed by atoms with Gasteiger partial charge in [-0.1, -0.05) is 34.1 Å². The highest BCUT2D eigenvalue weighted by Crippen LogP contribution is 2.38. The first-order chi connectivity index (χ1) is 7.20. The minimum Gasteiger partial charge on any atom is -0.206 e. The van der Waals surface area contributed by atoms with Gasteiger partial charge in [0.1, 0.15) is 5.82 Å². The molecule has 0 N–H and O–H groups in total. The minimum absolute atomic E-state index is 0.0441. The molecule has 0 saturated heterocycles. The first-order valence-corrected chi connectivity index (χ1v) is 6.90. The fraction of sp³-hybridized carbons (Fsp3) is 0.0909. The summed E-state index contributed by atoms with van der Waals surface area (Å²) in [4.78, 5) is 1.21. The molecule has 2 aromatic rings. The molecule has 0 nitrogen and oxygen atoms in total. The van der Waals surface area contributed by atoms with E-state index < -0.39 is 0 Å². The van der Waals surface area contributed by atoms with Crippen molar-refractivity contribution in [2.24, 2.45) is 0 Å². The molecule has 1 aromatic carbocycles. The van der Waals surface area contributed by atoms with Gasteiger partial charge in [-0.25, -0.2) is 4.39 Å².